The van der Waals surface area contributed by atoms with Crippen molar-refractivity contribution >= 4 is 23.2 Å². The molecule has 0 atom stereocenters. The Kier molecular flexibility index (Phi) is 6.49. The number of nitrogens with one attached hydrogen (secondary N) is 3. The standard InChI is InChI=1S/C21H26N4O3/c1-2-22-21(28)16-4-3-5-17(14-16)23-20(27)15-24-10-12-25(13-11-24)18-6-8-19(26)9-7-18/h3-9,14,26H,2,10-13,15H2,1H3,(H,22,28)(H,23,27)/p+1. The van der Waals surface area contributed by atoms with E-state index in [4.69, 9.17) is 0 Å². The van der Waals surface area contributed by atoms with E-state index in [0.29, 0.717) is 24.3 Å². The van der Waals surface area contributed by atoms with E-state index >= 15 is 0 Å². The van der Waals surface area contributed by atoms with Crippen molar-refractivity contribution in [3.05, 3.63) is 54.1 Å². The molecular weight excluding hydrogens is 356 g/mol. The second-order valence-electron chi connectivity index (χ2n) is 6.92. The lowest BCUT2D eigenvalue weighted by Gasteiger charge is -2.33. The van der Waals surface area contributed by atoms with Crippen molar-refractivity contribution in [2.24, 2.45) is 0 Å². The minimum absolute atomic E-state index is 0.0545. The predicted octanol–water partition coefficient (Wildman–Crippen LogP) is 0.486. The van der Waals surface area contributed by atoms with Crippen LogP contribution in [0.15, 0.2) is 48.5 Å². The number of quaternary nitrogens is 1. The molecule has 4 N–H and O–H groups in total. The van der Waals surface area contributed by atoms with Gasteiger partial charge in [-0.3, -0.25) is 9.59 Å². The first kappa shape index (κ1) is 19.7. The maximum atomic E-state index is 12.4. The van der Waals surface area contributed by atoms with Gasteiger partial charge in [0.2, 0.25) is 0 Å². The van der Waals surface area contributed by atoms with Crippen LogP contribution in [0.5, 0.6) is 5.75 Å². The van der Waals surface area contributed by atoms with Crippen molar-refractivity contribution < 1.29 is 19.6 Å². The van der Waals surface area contributed by atoms with Crippen molar-refractivity contribution in [2.45, 2.75) is 6.92 Å². The highest BCUT2D eigenvalue weighted by Gasteiger charge is 2.22. The molecule has 0 saturated carbocycles. The van der Waals surface area contributed by atoms with Crippen molar-refractivity contribution in [3.8, 4) is 5.75 Å². The third-order valence-electron chi connectivity index (χ3n) is 4.84. The minimum Gasteiger partial charge on any atom is -0.508 e. The summed E-state index contributed by atoms with van der Waals surface area (Å²) in [5.74, 6) is 0.0663. The number of piperazine rings is 1. The number of rotatable bonds is 6. The predicted molar refractivity (Wildman–Crippen MR) is 109 cm³/mol. The number of nitrogens with zero attached hydrogens (tertiary/aromatic N) is 1. The molecule has 1 fully saturated rings. The number of aromatic hydroxyl groups is 1. The van der Waals surface area contributed by atoms with Gasteiger partial charge >= 0.3 is 0 Å². The van der Waals surface area contributed by atoms with E-state index in [-0.39, 0.29) is 17.6 Å². The molecule has 0 aromatic heterocycles. The second kappa shape index (κ2) is 9.23. The molecule has 148 valence electrons. The van der Waals surface area contributed by atoms with E-state index in [0.717, 1.165) is 31.9 Å². The van der Waals surface area contributed by atoms with Gasteiger partial charge in [0.15, 0.2) is 6.54 Å². The molecule has 1 aliphatic rings. The Hall–Kier alpha value is -3.06. The van der Waals surface area contributed by atoms with Gasteiger partial charge in [0.25, 0.3) is 11.8 Å². The van der Waals surface area contributed by atoms with E-state index in [2.05, 4.69) is 15.5 Å². The average molecular weight is 383 g/mol. The van der Waals surface area contributed by atoms with E-state index in [1.165, 1.54) is 4.90 Å². The van der Waals surface area contributed by atoms with Gasteiger partial charge in [-0.15, -0.1) is 0 Å². The third kappa shape index (κ3) is 5.23. The zero-order valence-corrected chi connectivity index (χ0v) is 16.1. The molecule has 7 nitrogen and oxygen atoms in total. The summed E-state index contributed by atoms with van der Waals surface area (Å²) < 4.78 is 0. The first-order valence-electron chi connectivity index (χ1n) is 9.61. The lowest BCUT2D eigenvalue weighted by atomic mass is 10.2. The summed E-state index contributed by atoms with van der Waals surface area (Å²) in [5.41, 5.74) is 2.26. The summed E-state index contributed by atoms with van der Waals surface area (Å²) in [6, 6.07) is 14.2. The normalized spacial score (nSPS) is 14.5. The number of anilines is 2. The van der Waals surface area contributed by atoms with Crippen molar-refractivity contribution in [2.75, 3.05) is 49.5 Å². The van der Waals surface area contributed by atoms with Gasteiger partial charge in [-0.25, -0.2) is 0 Å². The van der Waals surface area contributed by atoms with Gasteiger partial charge < -0.3 is 25.5 Å². The van der Waals surface area contributed by atoms with Crippen LogP contribution in [-0.4, -0.2) is 56.2 Å². The van der Waals surface area contributed by atoms with Crippen LogP contribution in [0.3, 0.4) is 0 Å². The van der Waals surface area contributed by atoms with Crippen LogP contribution in [0, 0.1) is 0 Å². The summed E-state index contributed by atoms with van der Waals surface area (Å²) in [5, 5.41) is 15.1. The molecule has 0 bridgehead atoms. The molecule has 28 heavy (non-hydrogen) atoms. The lowest BCUT2D eigenvalue weighted by Crippen LogP contribution is -3.15. The Bertz CT molecular complexity index is 815. The first-order chi connectivity index (χ1) is 13.5. The van der Waals surface area contributed by atoms with Crippen LogP contribution in [0.25, 0.3) is 0 Å². The van der Waals surface area contributed by atoms with Crippen molar-refractivity contribution in [3.63, 3.8) is 0 Å². The quantitative estimate of drug-likeness (QED) is 0.585. The number of phenols is 1. The SMILES string of the molecule is CCNC(=O)c1cccc(NC(=O)C[NH+]2CCN(c3ccc(O)cc3)CC2)c1. The molecule has 3 rings (SSSR count). The van der Waals surface area contributed by atoms with Crippen LogP contribution in [-0.2, 0) is 4.79 Å². The van der Waals surface area contributed by atoms with E-state index in [1.54, 1.807) is 36.4 Å². The summed E-state index contributed by atoms with van der Waals surface area (Å²) in [4.78, 5) is 27.8. The number of carbonyl (C=O) groups excluding carboxylic acids is 2. The van der Waals surface area contributed by atoms with Gasteiger partial charge in [-0.2, -0.15) is 0 Å². The van der Waals surface area contributed by atoms with E-state index < -0.39 is 0 Å². The van der Waals surface area contributed by atoms with Crippen LogP contribution in [0.4, 0.5) is 11.4 Å². The smallest absolute Gasteiger partial charge is 0.279 e. The van der Waals surface area contributed by atoms with Gasteiger partial charge in [0.05, 0.1) is 26.2 Å². The average Bonchev–Trinajstić information content (AvgIpc) is 2.69. The number of hydrogen-bond acceptors (Lipinski definition) is 4. The molecule has 0 unspecified atom stereocenters. The Morgan fingerprint density at radius 3 is 2.50 bits per heavy atom. The molecule has 1 saturated heterocycles. The summed E-state index contributed by atoms with van der Waals surface area (Å²) in [6.07, 6.45) is 0. The molecule has 0 aliphatic carbocycles. The monoisotopic (exact) mass is 383 g/mol. The lowest BCUT2D eigenvalue weighted by molar-refractivity contribution is -0.892. The fourth-order valence-corrected chi connectivity index (χ4v) is 3.35. The van der Waals surface area contributed by atoms with Gasteiger partial charge in [0, 0.05) is 23.5 Å². The molecule has 2 aromatic carbocycles. The van der Waals surface area contributed by atoms with E-state index in [9.17, 15) is 14.7 Å². The van der Waals surface area contributed by atoms with Gasteiger partial charge in [0.1, 0.15) is 5.75 Å². The highest BCUT2D eigenvalue weighted by molar-refractivity contribution is 5.97. The Morgan fingerprint density at radius 2 is 1.82 bits per heavy atom. The van der Waals surface area contributed by atoms with Gasteiger partial charge in [-0.1, -0.05) is 6.07 Å². The fourth-order valence-electron chi connectivity index (χ4n) is 3.35. The molecule has 2 amide bonds. The topological polar surface area (TPSA) is 86.1 Å². The number of phenolic OH excluding ortho intramolecular Hbond substituents is 1. The number of hydrogen-bond donors (Lipinski definition) is 4. The first-order valence-corrected chi connectivity index (χ1v) is 9.61. The molecule has 2 aromatic rings. The van der Waals surface area contributed by atoms with Crippen LogP contribution >= 0.6 is 0 Å². The molecule has 1 aliphatic heterocycles. The van der Waals surface area contributed by atoms with Crippen LogP contribution in [0.2, 0.25) is 0 Å². The zero-order valence-electron chi connectivity index (χ0n) is 16.1. The minimum atomic E-state index is -0.144. The van der Waals surface area contributed by atoms with Crippen LogP contribution in [0.1, 0.15) is 17.3 Å². The number of benzene rings is 2. The van der Waals surface area contributed by atoms with Crippen molar-refractivity contribution in [1.29, 1.82) is 0 Å². The van der Waals surface area contributed by atoms with E-state index in [1.807, 2.05) is 19.1 Å². The molecule has 0 spiro atoms. The zero-order chi connectivity index (χ0) is 19.9. The Morgan fingerprint density at radius 1 is 1.11 bits per heavy atom. The summed E-state index contributed by atoms with van der Waals surface area (Å²) >= 11 is 0. The maximum Gasteiger partial charge on any atom is 0.279 e. The molecule has 0 radical (unpaired) electrons. The highest BCUT2D eigenvalue weighted by Crippen LogP contribution is 2.18. The maximum absolute atomic E-state index is 12.4. The highest BCUT2D eigenvalue weighted by atomic mass is 16.3. The third-order valence-corrected chi connectivity index (χ3v) is 4.84. The summed E-state index contributed by atoms with van der Waals surface area (Å²) in [7, 11) is 0. The molecule has 7 heteroatoms. The molecule has 1 heterocycles. The largest absolute Gasteiger partial charge is 0.508 e. The Balaban J connectivity index is 1.49. The Labute approximate surface area is 165 Å². The van der Waals surface area contributed by atoms with Gasteiger partial charge in [-0.05, 0) is 49.4 Å². The van der Waals surface area contributed by atoms with Crippen LogP contribution < -0.4 is 20.4 Å². The number of carbonyl (C=O) groups is 2. The van der Waals surface area contributed by atoms with Crippen molar-refractivity contribution in [1.82, 2.24) is 5.32 Å². The summed E-state index contributed by atoms with van der Waals surface area (Å²) in [6.45, 7) is 6.29. The number of amides is 2. The molecular formula is C21H27N4O3+. The second-order valence-corrected chi connectivity index (χ2v) is 6.92. The fraction of sp³-hybridized carbons (Fsp3) is 0.333.